The molecule has 0 bridgehead atoms. The van der Waals surface area contributed by atoms with Crippen molar-refractivity contribution in [2.24, 2.45) is 0 Å². The number of ether oxygens (including phenoxy) is 4. The van der Waals surface area contributed by atoms with Crippen LogP contribution in [0.15, 0.2) is 66.7 Å². The van der Waals surface area contributed by atoms with Crippen LogP contribution in [0.3, 0.4) is 0 Å². The molecule has 8 heteroatoms. The lowest BCUT2D eigenvalue weighted by atomic mass is 10.1. The second kappa shape index (κ2) is 12.2. The molecule has 3 aromatic rings. The third-order valence-corrected chi connectivity index (χ3v) is 5.02. The van der Waals surface area contributed by atoms with Crippen LogP contribution < -0.4 is 29.6 Å². The van der Waals surface area contributed by atoms with Crippen molar-refractivity contribution in [3.8, 4) is 23.0 Å². The lowest BCUT2D eigenvalue weighted by molar-refractivity contribution is -0.118. The molecule has 178 valence electrons. The van der Waals surface area contributed by atoms with Crippen molar-refractivity contribution in [3.63, 3.8) is 0 Å². The lowest BCUT2D eigenvalue weighted by Gasteiger charge is -2.13. The van der Waals surface area contributed by atoms with E-state index < -0.39 is 0 Å². The smallest absolute Gasteiger partial charge is 0.262 e. The summed E-state index contributed by atoms with van der Waals surface area (Å²) < 4.78 is 21.2. The summed E-state index contributed by atoms with van der Waals surface area (Å²) in [5.74, 6) is 1.86. The Morgan fingerprint density at radius 3 is 2.21 bits per heavy atom. The molecule has 0 atom stereocenters. The topological polar surface area (TPSA) is 95.1 Å². The molecule has 0 heterocycles. The van der Waals surface area contributed by atoms with Crippen molar-refractivity contribution < 1.29 is 28.5 Å². The number of anilines is 1. The van der Waals surface area contributed by atoms with E-state index in [1.165, 1.54) is 0 Å². The molecule has 0 saturated heterocycles. The Morgan fingerprint density at radius 1 is 0.794 bits per heavy atom. The van der Waals surface area contributed by atoms with E-state index in [-0.39, 0.29) is 18.4 Å². The molecule has 34 heavy (non-hydrogen) atoms. The first-order chi connectivity index (χ1) is 16.5. The van der Waals surface area contributed by atoms with E-state index in [2.05, 4.69) is 10.6 Å². The van der Waals surface area contributed by atoms with E-state index >= 15 is 0 Å². The summed E-state index contributed by atoms with van der Waals surface area (Å²) in [6.07, 6.45) is 0.607. The zero-order valence-electron chi connectivity index (χ0n) is 19.4. The van der Waals surface area contributed by atoms with Crippen molar-refractivity contribution in [2.75, 3.05) is 39.8 Å². The molecule has 0 radical (unpaired) electrons. The van der Waals surface area contributed by atoms with E-state index in [0.29, 0.717) is 47.2 Å². The van der Waals surface area contributed by atoms with Crippen LogP contribution >= 0.6 is 0 Å². The number of carbonyl (C=O) groups excluding carboxylic acids is 2. The number of hydrogen-bond donors (Lipinski definition) is 2. The van der Waals surface area contributed by atoms with Gasteiger partial charge in [0.15, 0.2) is 18.1 Å². The van der Waals surface area contributed by atoms with Gasteiger partial charge in [0.05, 0.1) is 32.6 Å². The fraction of sp³-hybridized carbons (Fsp3) is 0.231. The molecular formula is C26H28N2O6. The van der Waals surface area contributed by atoms with Gasteiger partial charge in [-0.05, 0) is 60.5 Å². The lowest BCUT2D eigenvalue weighted by Crippen LogP contribution is -2.28. The van der Waals surface area contributed by atoms with Crippen LogP contribution in [0, 0.1) is 0 Å². The molecule has 0 aliphatic carbocycles. The fourth-order valence-corrected chi connectivity index (χ4v) is 3.25. The molecule has 0 aromatic heterocycles. The molecule has 0 saturated carbocycles. The summed E-state index contributed by atoms with van der Waals surface area (Å²) >= 11 is 0. The second-order valence-electron chi connectivity index (χ2n) is 7.25. The van der Waals surface area contributed by atoms with Crippen LogP contribution in [0.1, 0.15) is 15.9 Å². The van der Waals surface area contributed by atoms with Gasteiger partial charge in [0, 0.05) is 6.54 Å². The standard InChI is InChI=1S/C26H28N2O6/c1-31-19-9-11-20(12-10-19)34-17-25(29)28-22-7-5-4-6-21(22)26(30)27-15-14-18-8-13-23(32-2)24(16-18)33-3/h4-13,16H,14-15,17H2,1-3H3,(H,27,30)(H,28,29). The molecule has 0 aliphatic heterocycles. The minimum absolute atomic E-state index is 0.193. The molecule has 2 amide bonds. The summed E-state index contributed by atoms with van der Waals surface area (Å²) in [5.41, 5.74) is 1.78. The van der Waals surface area contributed by atoms with Crippen LogP contribution in [-0.2, 0) is 11.2 Å². The highest BCUT2D eigenvalue weighted by Crippen LogP contribution is 2.27. The molecule has 8 nitrogen and oxygen atoms in total. The molecule has 3 aromatic carbocycles. The van der Waals surface area contributed by atoms with Gasteiger partial charge in [-0.2, -0.15) is 0 Å². The average Bonchev–Trinajstić information content (AvgIpc) is 2.87. The Morgan fingerprint density at radius 2 is 1.50 bits per heavy atom. The summed E-state index contributed by atoms with van der Waals surface area (Å²) in [7, 11) is 4.74. The van der Waals surface area contributed by atoms with E-state index in [9.17, 15) is 9.59 Å². The van der Waals surface area contributed by atoms with Crippen molar-refractivity contribution in [1.82, 2.24) is 5.32 Å². The zero-order valence-corrected chi connectivity index (χ0v) is 19.4. The first-order valence-electron chi connectivity index (χ1n) is 10.7. The monoisotopic (exact) mass is 464 g/mol. The van der Waals surface area contributed by atoms with Gasteiger partial charge in [-0.1, -0.05) is 18.2 Å². The van der Waals surface area contributed by atoms with E-state index in [1.54, 1.807) is 69.9 Å². The fourth-order valence-electron chi connectivity index (χ4n) is 3.25. The number of hydrogen-bond acceptors (Lipinski definition) is 6. The Kier molecular flexibility index (Phi) is 8.73. The van der Waals surface area contributed by atoms with Crippen LogP contribution in [-0.4, -0.2) is 46.3 Å². The number of benzene rings is 3. The molecule has 0 unspecified atom stereocenters. The normalized spacial score (nSPS) is 10.2. The minimum Gasteiger partial charge on any atom is -0.497 e. The van der Waals surface area contributed by atoms with Crippen LogP contribution in [0.2, 0.25) is 0 Å². The highest BCUT2D eigenvalue weighted by molar-refractivity contribution is 6.04. The first kappa shape index (κ1) is 24.4. The Labute approximate surface area is 198 Å². The quantitative estimate of drug-likeness (QED) is 0.449. The number of nitrogens with one attached hydrogen (secondary N) is 2. The third kappa shape index (κ3) is 6.65. The number of amides is 2. The van der Waals surface area contributed by atoms with Gasteiger partial charge in [-0.3, -0.25) is 9.59 Å². The van der Waals surface area contributed by atoms with E-state index in [4.69, 9.17) is 18.9 Å². The van der Waals surface area contributed by atoms with Gasteiger partial charge in [-0.25, -0.2) is 0 Å². The average molecular weight is 465 g/mol. The number of rotatable bonds is 11. The van der Waals surface area contributed by atoms with Crippen molar-refractivity contribution >= 4 is 17.5 Å². The Bertz CT molecular complexity index is 1110. The van der Waals surface area contributed by atoms with Crippen LogP contribution in [0.4, 0.5) is 5.69 Å². The van der Waals surface area contributed by atoms with Crippen molar-refractivity contribution in [1.29, 1.82) is 0 Å². The maximum atomic E-state index is 12.8. The zero-order chi connectivity index (χ0) is 24.3. The summed E-state index contributed by atoms with van der Waals surface area (Å²) in [5, 5.41) is 5.63. The number of methoxy groups -OCH3 is 3. The summed E-state index contributed by atoms with van der Waals surface area (Å²) in [4.78, 5) is 25.1. The van der Waals surface area contributed by atoms with Gasteiger partial charge < -0.3 is 29.6 Å². The van der Waals surface area contributed by atoms with Gasteiger partial charge in [0.25, 0.3) is 11.8 Å². The van der Waals surface area contributed by atoms with Crippen LogP contribution in [0.25, 0.3) is 0 Å². The van der Waals surface area contributed by atoms with Gasteiger partial charge >= 0.3 is 0 Å². The minimum atomic E-state index is -0.374. The SMILES string of the molecule is COc1ccc(OCC(=O)Nc2ccccc2C(=O)NCCc2ccc(OC)c(OC)c2)cc1. The van der Waals surface area contributed by atoms with Gasteiger partial charge in [0.2, 0.25) is 0 Å². The maximum absolute atomic E-state index is 12.8. The second-order valence-corrected chi connectivity index (χ2v) is 7.25. The molecule has 0 spiro atoms. The van der Waals surface area contributed by atoms with E-state index in [1.807, 2.05) is 18.2 Å². The van der Waals surface area contributed by atoms with Crippen molar-refractivity contribution in [3.05, 3.63) is 77.9 Å². The van der Waals surface area contributed by atoms with Gasteiger partial charge in [-0.15, -0.1) is 0 Å². The third-order valence-electron chi connectivity index (χ3n) is 5.02. The van der Waals surface area contributed by atoms with Crippen molar-refractivity contribution in [2.45, 2.75) is 6.42 Å². The predicted octanol–water partition coefficient (Wildman–Crippen LogP) is 3.70. The largest absolute Gasteiger partial charge is 0.497 e. The first-order valence-corrected chi connectivity index (χ1v) is 10.7. The molecular weight excluding hydrogens is 436 g/mol. The highest BCUT2D eigenvalue weighted by Gasteiger charge is 2.13. The highest BCUT2D eigenvalue weighted by atomic mass is 16.5. The molecule has 2 N–H and O–H groups in total. The number of para-hydroxylation sites is 1. The Balaban J connectivity index is 1.54. The molecule has 3 rings (SSSR count). The maximum Gasteiger partial charge on any atom is 0.262 e. The van der Waals surface area contributed by atoms with E-state index in [0.717, 1.165) is 5.56 Å². The molecule has 0 fully saturated rings. The van der Waals surface area contributed by atoms with Gasteiger partial charge in [0.1, 0.15) is 11.5 Å². The van der Waals surface area contributed by atoms with Crippen LogP contribution in [0.5, 0.6) is 23.0 Å². The summed E-state index contributed by atoms with van der Waals surface area (Å²) in [6.45, 7) is 0.221. The number of carbonyl (C=O) groups is 2. The predicted molar refractivity (Wildman–Crippen MR) is 129 cm³/mol. The summed E-state index contributed by atoms with van der Waals surface area (Å²) in [6, 6.07) is 19.4. The molecule has 0 aliphatic rings. The Hall–Kier alpha value is -4.20.